The number of aromatic nitrogens is 2. The fourth-order valence-electron chi connectivity index (χ4n) is 5.41. The standard InChI is InChI=1S/C33H32FN3O7/c1-40-25-13-9-23(10-14-25)33(22-7-4-3-5-8-22,24-11-15-26(41-2)16-12-24)43-21-29-28(42-18-6-17-35)19-30(44-29)37-20-27(34)31(38)36-32(37)39/h3-5,7-16,20,28-30H,6,18-19,21H2,1-2H3,(H,36,38,39)/t28?,29-,30-/m0/s1. The lowest BCUT2D eigenvalue weighted by molar-refractivity contribution is -0.104. The topological polar surface area (TPSA) is 125 Å². The van der Waals surface area contributed by atoms with Crippen LogP contribution in [0.3, 0.4) is 0 Å². The molecule has 0 aliphatic carbocycles. The van der Waals surface area contributed by atoms with E-state index in [1.54, 1.807) is 14.2 Å². The second-order valence-corrected chi connectivity index (χ2v) is 10.1. The Morgan fingerprint density at radius 1 is 0.955 bits per heavy atom. The molecule has 0 amide bonds. The van der Waals surface area contributed by atoms with Crippen LogP contribution in [0.15, 0.2) is 94.6 Å². The van der Waals surface area contributed by atoms with Gasteiger partial charge >= 0.3 is 5.69 Å². The van der Waals surface area contributed by atoms with E-state index in [4.69, 9.17) is 28.9 Å². The van der Waals surface area contributed by atoms with Crippen molar-refractivity contribution in [2.45, 2.75) is 36.9 Å². The Hall–Kier alpha value is -4.76. The first-order valence-corrected chi connectivity index (χ1v) is 14.0. The molecule has 1 aliphatic heterocycles. The lowest BCUT2D eigenvalue weighted by Crippen LogP contribution is -2.38. The van der Waals surface area contributed by atoms with E-state index in [0.29, 0.717) is 11.5 Å². The van der Waals surface area contributed by atoms with Gasteiger partial charge in [-0.3, -0.25) is 14.3 Å². The number of nitriles is 1. The maximum Gasteiger partial charge on any atom is 0.330 e. The van der Waals surface area contributed by atoms with E-state index in [2.05, 4.69) is 0 Å². The first-order valence-electron chi connectivity index (χ1n) is 14.0. The Morgan fingerprint density at radius 2 is 1.55 bits per heavy atom. The number of rotatable bonds is 12. The van der Waals surface area contributed by atoms with Gasteiger partial charge in [-0.05, 0) is 41.0 Å². The van der Waals surface area contributed by atoms with Crippen molar-refractivity contribution in [1.82, 2.24) is 9.55 Å². The molecule has 0 saturated carbocycles. The number of halogens is 1. The quantitative estimate of drug-likeness (QED) is 0.188. The molecule has 1 saturated heterocycles. The summed E-state index contributed by atoms with van der Waals surface area (Å²) in [6, 6.07) is 26.9. The van der Waals surface area contributed by atoms with Crippen LogP contribution in [0.5, 0.6) is 11.5 Å². The smallest absolute Gasteiger partial charge is 0.330 e. The van der Waals surface area contributed by atoms with Gasteiger partial charge < -0.3 is 23.7 Å². The van der Waals surface area contributed by atoms with Crippen LogP contribution in [0.4, 0.5) is 4.39 Å². The molecule has 1 aromatic heterocycles. The van der Waals surface area contributed by atoms with Crippen molar-refractivity contribution < 1.29 is 28.1 Å². The SMILES string of the molecule is COc1ccc(C(OC[C@@H]2O[C@H](n3cc(F)c(=O)[nH]c3=O)CC2OCCC#N)(c2ccccc2)c2ccc(OC)cc2)cc1. The molecular weight excluding hydrogens is 569 g/mol. The van der Waals surface area contributed by atoms with Gasteiger partial charge in [0, 0.05) is 6.42 Å². The van der Waals surface area contributed by atoms with Crippen molar-refractivity contribution in [1.29, 1.82) is 5.26 Å². The molecule has 11 heteroatoms. The van der Waals surface area contributed by atoms with Gasteiger partial charge in [0.2, 0.25) is 5.82 Å². The molecule has 1 aliphatic rings. The highest BCUT2D eigenvalue weighted by Crippen LogP contribution is 2.43. The number of H-pyrrole nitrogens is 1. The minimum atomic E-state index is -1.14. The minimum Gasteiger partial charge on any atom is -0.497 e. The normalized spacial score (nSPS) is 18.1. The van der Waals surface area contributed by atoms with E-state index in [-0.39, 0.29) is 26.1 Å². The average Bonchev–Trinajstić information content (AvgIpc) is 3.46. The van der Waals surface area contributed by atoms with Crippen LogP contribution in [-0.2, 0) is 19.8 Å². The van der Waals surface area contributed by atoms with E-state index in [1.807, 2.05) is 89.9 Å². The Balaban J connectivity index is 1.56. The number of hydrogen-bond donors (Lipinski definition) is 1. The van der Waals surface area contributed by atoms with Crippen molar-refractivity contribution in [3.8, 4) is 17.6 Å². The number of hydrogen-bond acceptors (Lipinski definition) is 8. The van der Waals surface area contributed by atoms with Crippen LogP contribution < -0.4 is 20.7 Å². The number of methoxy groups -OCH3 is 2. The predicted octanol–water partition coefficient (Wildman–Crippen LogP) is 4.29. The third kappa shape index (κ3) is 6.28. The monoisotopic (exact) mass is 601 g/mol. The molecule has 228 valence electrons. The Morgan fingerprint density at radius 3 is 2.11 bits per heavy atom. The second-order valence-electron chi connectivity index (χ2n) is 10.1. The predicted molar refractivity (Wildman–Crippen MR) is 158 cm³/mol. The van der Waals surface area contributed by atoms with Gasteiger partial charge in [-0.2, -0.15) is 9.65 Å². The van der Waals surface area contributed by atoms with Crippen molar-refractivity contribution in [2.24, 2.45) is 0 Å². The first kappa shape index (κ1) is 30.7. The molecule has 10 nitrogen and oxygen atoms in total. The minimum absolute atomic E-state index is 0.0126. The zero-order valence-corrected chi connectivity index (χ0v) is 24.3. The van der Waals surface area contributed by atoms with E-state index >= 15 is 0 Å². The third-order valence-corrected chi connectivity index (χ3v) is 7.60. The van der Waals surface area contributed by atoms with Crippen LogP contribution in [0, 0.1) is 17.1 Å². The van der Waals surface area contributed by atoms with E-state index < -0.39 is 41.1 Å². The molecule has 0 bridgehead atoms. The molecule has 1 fully saturated rings. The second kappa shape index (κ2) is 13.7. The third-order valence-electron chi connectivity index (χ3n) is 7.60. The molecule has 5 rings (SSSR count). The highest BCUT2D eigenvalue weighted by atomic mass is 19.1. The molecule has 44 heavy (non-hydrogen) atoms. The summed E-state index contributed by atoms with van der Waals surface area (Å²) in [7, 11) is 3.19. The molecule has 2 heterocycles. The number of ether oxygens (including phenoxy) is 5. The lowest BCUT2D eigenvalue weighted by Gasteiger charge is -2.37. The number of aromatic amines is 1. The van der Waals surface area contributed by atoms with E-state index in [0.717, 1.165) is 27.5 Å². The maximum atomic E-state index is 14.2. The Labute approximate surface area is 253 Å². The van der Waals surface area contributed by atoms with Crippen LogP contribution in [-0.4, -0.2) is 49.2 Å². The molecule has 4 aromatic rings. The highest BCUT2D eigenvalue weighted by Gasteiger charge is 2.43. The first-order chi connectivity index (χ1) is 21.4. The fourth-order valence-corrected chi connectivity index (χ4v) is 5.41. The molecule has 1 unspecified atom stereocenters. The molecule has 3 atom stereocenters. The van der Waals surface area contributed by atoms with Crippen molar-refractivity contribution >= 4 is 0 Å². The molecular formula is C33H32FN3O7. The molecule has 0 radical (unpaired) electrons. The van der Waals surface area contributed by atoms with Gasteiger partial charge in [0.15, 0.2) is 0 Å². The van der Waals surface area contributed by atoms with Crippen LogP contribution in [0.25, 0.3) is 0 Å². The van der Waals surface area contributed by atoms with Gasteiger partial charge in [-0.1, -0.05) is 54.6 Å². The molecule has 1 N–H and O–H groups in total. The summed E-state index contributed by atoms with van der Waals surface area (Å²) < 4.78 is 45.2. The zero-order valence-electron chi connectivity index (χ0n) is 24.3. The Kier molecular flexibility index (Phi) is 9.55. The fraction of sp³-hybridized carbons (Fsp3) is 0.303. The van der Waals surface area contributed by atoms with E-state index in [9.17, 15) is 14.0 Å². The number of nitrogens with zero attached hydrogens (tertiary/aromatic N) is 2. The van der Waals surface area contributed by atoms with Crippen LogP contribution in [0.2, 0.25) is 0 Å². The van der Waals surface area contributed by atoms with Crippen molar-refractivity contribution in [2.75, 3.05) is 27.4 Å². The van der Waals surface area contributed by atoms with Gasteiger partial charge in [0.1, 0.15) is 29.4 Å². The van der Waals surface area contributed by atoms with Crippen LogP contribution in [0.1, 0.15) is 35.8 Å². The zero-order chi connectivity index (χ0) is 31.1. The summed E-state index contributed by atoms with van der Waals surface area (Å²) in [5.74, 6) is 0.242. The van der Waals surface area contributed by atoms with Gasteiger partial charge in [0.05, 0.1) is 52.2 Å². The van der Waals surface area contributed by atoms with Gasteiger partial charge in [-0.15, -0.1) is 0 Å². The molecule has 0 spiro atoms. The van der Waals surface area contributed by atoms with Crippen molar-refractivity contribution in [3.05, 3.63) is 128 Å². The Bertz CT molecular complexity index is 1650. The van der Waals surface area contributed by atoms with Gasteiger partial charge in [-0.25, -0.2) is 4.79 Å². The molecule has 3 aromatic carbocycles. The van der Waals surface area contributed by atoms with E-state index in [1.165, 1.54) is 0 Å². The van der Waals surface area contributed by atoms with Crippen LogP contribution >= 0.6 is 0 Å². The average molecular weight is 602 g/mol. The largest absolute Gasteiger partial charge is 0.497 e. The summed E-state index contributed by atoms with van der Waals surface area (Å²) in [4.78, 5) is 26.2. The van der Waals surface area contributed by atoms with Gasteiger partial charge in [0.25, 0.3) is 5.56 Å². The summed E-state index contributed by atoms with van der Waals surface area (Å²) >= 11 is 0. The number of nitrogens with one attached hydrogen (secondary N) is 1. The number of benzene rings is 3. The van der Waals surface area contributed by atoms with Crippen molar-refractivity contribution in [3.63, 3.8) is 0 Å². The summed E-state index contributed by atoms with van der Waals surface area (Å²) in [6.07, 6.45) is -1.13. The summed E-state index contributed by atoms with van der Waals surface area (Å²) in [6.45, 7) is 0.116. The summed E-state index contributed by atoms with van der Waals surface area (Å²) in [5, 5.41) is 9.07. The lowest BCUT2D eigenvalue weighted by atomic mass is 9.80. The maximum absolute atomic E-state index is 14.2. The summed E-state index contributed by atoms with van der Waals surface area (Å²) in [5.41, 5.74) is -0.605. The highest BCUT2D eigenvalue weighted by molar-refractivity contribution is 5.49.